The number of aromatic nitrogens is 1. The molecule has 0 saturated heterocycles. The van der Waals surface area contributed by atoms with Crippen LogP contribution in [-0.4, -0.2) is 23.1 Å². The number of hydrogen-bond donors (Lipinski definition) is 3. The zero-order valence-electron chi connectivity index (χ0n) is 11.2. The van der Waals surface area contributed by atoms with Gasteiger partial charge in [0.1, 0.15) is 18.2 Å². The minimum atomic E-state index is -0.576. The van der Waals surface area contributed by atoms with Gasteiger partial charge in [0, 0.05) is 24.4 Å². The van der Waals surface area contributed by atoms with Gasteiger partial charge in [-0.25, -0.2) is 4.98 Å². The molecule has 0 fully saturated rings. The Balaban J connectivity index is 2.14. The van der Waals surface area contributed by atoms with Gasteiger partial charge in [-0.05, 0) is 18.2 Å². The standard InChI is InChI=1S/C13H15N5O3/c14-6-7-21-10-3-1-2-9(8-10)16-12-5-4-11(18(19)20)13(15)17-12/h1-5,8H,6-7,14H2,(H3,15,16,17). The van der Waals surface area contributed by atoms with Gasteiger partial charge in [-0.15, -0.1) is 0 Å². The number of rotatable bonds is 6. The molecule has 0 atom stereocenters. The van der Waals surface area contributed by atoms with Crippen LogP contribution >= 0.6 is 0 Å². The molecule has 8 heteroatoms. The molecule has 1 aromatic carbocycles. The van der Waals surface area contributed by atoms with Gasteiger partial charge in [0.25, 0.3) is 0 Å². The number of nitro groups is 1. The quantitative estimate of drug-likeness (QED) is 0.544. The summed E-state index contributed by atoms with van der Waals surface area (Å²) in [5, 5.41) is 13.7. The van der Waals surface area contributed by atoms with Crippen LogP contribution in [0.3, 0.4) is 0 Å². The molecule has 0 bridgehead atoms. The van der Waals surface area contributed by atoms with Crippen molar-refractivity contribution in [2.75, 3.05) is 24.2 Å². The second-order valence-electron chi connectivity index (χ2n) is 4.15. The van der Waals surface area contributed by atoms with Gasteiger partial charge in [-0.2, -0.15) is 0 Å². The Morgan fingerprint density at radius 2 is 2.14 bits per heavy atom. The highest BCUT2D eigenvalue weighted by Crippen LogP contribution is 2.24. The molecule has 0 saturated carbocycles. The van der Waals surface area contributed by atoms with Gasteiger partial charge in [0.2, 0.25) is 5.82 Å². The minimum Gasteiger partial charge on any atom is -0.492 e. The van der Waals surface area contributed by atoms with E-state index in [4.69, 9.17) is 16.2 Å². The van der Waals surface area contributed by atoms with E-state index in [9.17, 15) is 10.1 Å². The number of anilines is 3. The summed E-state index contributed by atoms with van der Waals surface area (Å²) in [6.07, 6.45) is 0. The van der Waals surface area contributed by atoms with E-state index in [-0.39, 0.29) is 11.5 Å². The van der Waals surface area contributed by atoms with Gasteiger partial charge in [0.15, 0.2) is 0 Å². The fourth-order valence-corrected chi connectivity index (χ4v) is 1.68. The van der Waals surface area contributed by atoms with Crippen molar-refractivity contribution >= 4 is 23.0 Å². The molecule has 0 unspecified atom stereocenters. The van der Waals surface area contributed by atoms with Crippen LogP contribution in [0, 0.1) is 10.1 Å². The first-order valence-electron chi connectivity index (χ1n) is 6.21. The third-order valence-corrected chi connectivity index (χ3v) is 2.59. The summed E-state index contributed by atoms with van der Waals surface area (Å²) in [6, 6.07) is 9.99. The van der Waals surface area contributed by atoms with Crippen LogP contribution in [-0.2, 0) is 0 Å². The molecule has 0 spiro atoms. The van der Waals surface area contributed by atoms with Crippen molar-refractivity contribution in [3.05, 3.63) is 46.5 Å². The zero-order chi connectivity index (χ0) is 15.2. The topological polar surface area (TPSA) is 129 Å². The molecule has 1 aromatic heterocycles. The summed E-state index contributed by atoms with van der Waals surface area (Å²) in [4.78, 5) is 14.0. The van der Waals surface area contributed by atoms with Gasteiger partial charge >= 0.3 is 5.69 Å². The highest BCUT2D eigenvalue weighted by molar-refractivity contribution is 5.63. The first-order chi connectivity index (χ1) is 10.1. The number of nitrogens with one attached hydrogen (secondary N) is 1. The van der Waals surface area contributed by atoms with E-state index in [0.717, 1.165) is 5.69 Å². The molecule has 2 rings (SSSR count). The first kappa shape index (κ1) is 14.5. The van der Waals surface area contributed by atoms with Crippen LogP contribution in [0.1, 0.15) is 0 Å². The van der Waals surface area contributed by atoms with Crippen molar-refractivity contribution in [1.82, 2.24) is 4.98 Å². The van der Waals surface area contributed by atoms with E-state index >= 15 is 0 Å². The lowest BCUT2D eigenvalue weighted by Crippen LogP contribution is -2.10. The predicted octanol–water partition coefficient (Wildman–Crippen LogP) is 1.65. The number of ether oxygens (including phenoxy) is 1. The summed E-state index contributed by atoms with van der Waals surface area (Å²) in [5.74, 6) is 0.940. The lowest BCUT2D eigenvalue weighted by atomic mass is 10.3. The van der Waals surface area contributed by atoms with Crippen molar-refractivity contribution in [2.24, 2.45) is 5.73 Å². The molecule has 21 heavy (non-hydrogen) atoms. The molecule has 110 valence electrons. The maximum Gasteiger partial charge on any atom is 0.311 e. The Morgan fingerprint density at radius 3 is 2.81 bits per heavy atom. The molecule has 0 radical (unpaired) electrons. The number of pyridine rings is 1. The summed E-state index contributed by atoms with van der Waals surface area (Å²) >= 11 is 0. The fraction of sp³-hybridized carbons (Fsp3) is 0.154. The molecular formula is C13H15N5O3. The molecule has 0 amide bonds. The number of benzene rings is 1. The average Bonchev–Trinajstić information content (AvgIpc) is 2.45. The molecule has 5 N–H and O–H groups in total. The molecule has 2 aromatic rings. The van der Waals surface area contributed by atoms with Crippen molar-refractivity contribution in [3.8, 4) is 5.75 Å². The monoisotopic (exact) mass is 289 g/mol. The fourth-order valence-electron chi connectivity index (χ4n) is 1.68. The molecule has 8 nitrogen and oxygen atoms in total. The van der Waals surface area contributed by atoms with E-state index in [1.54, 1.807) is 12.1 Å². The van der Waals surface area contributed by atoms with Gasteiger partial charge in [-0.3, -0.25) is 10.1 Å². The lowest BCUT2D eigenvalue weighted by Gasteiger charge is -2.09. The van der Waals surface area contributed by atoms with E-state index < -0.39 is 4.92 Å². The molecular weight excluding hydrogens is 274 g/mol. The van der Waals surface area contributed by atoms with Crippen LogP contribution in [0.2, 0.25) is 0 Å². The van der Waals surface area contributed by atoms with Gasteiger partial charge in [0.05, 0.1) is 4.92 Å². The summed E-state index contributed by atoms with van der Waals surface area (Å²) in [7, 11) is 0. The first-order valence-corrected chi connectivity index (χ1v) is 6.21. The van der Waals surface area contributed by atoms with E-state index in [2.05, 4.69) is 10.3 Å². The van der Waals surface area contributed by atoms with Crippen molar-refractivity contribution in [1.29, 1.82) is 0 Å². The lowest BCUT2D eigenvalue weighted by molar-refractivity contribution is -0.384. The van der Waals surface area contributed by atoms with Crippen molar-refractivity contribution < 1.29 is 9.66 Å². The third kappa shape index (κ3) is 3.80. The van der Waals surface area contributed by atoms with Crippen LogP contribution in [0.4, 0.5) is 23.0 Å². The smallest absolute Gasteiger partial charge is 0.311 e. The summed E-state index contributed by atoms with van der Waals surface area (Å²) in [5.41, 5.74) is 11.4. The molecule has 0 aliphatic rings. The summed E-state index contributed by atoms with van der Waals surface area (Å²) in [6.45, 7) is 0.851. The molecule has 1 heterocycles. The van der Waals surface area contributed by atoms with E-state index in [1.807, 2.05) is 12.1 Å². The zero-order valence-corrected chi connectivity index (χ0v) is 11.2. The second-order valence-corrected chi connectivity index (χ2v) is 4.15. The Morgan fingerprint density at radius 1 is 1.33 bits per heavy atom. The average molecular weight is 289 g/mol. The normalized spacial score (nSPS) is 10.1. The highest BCUT2D eigenvalue weighted by atomic mass is 16.6. The number of nitrogens with zero attached hydrogens (tertiary/aromatic N) is 2. The molecule has 0 aliphatic carbocycles. The van der Waals surface area contributed by atoms with Crippen LogP contribution < -0.4 is 21.5 Å². The Bertz CT molecular complexity index is 647. The van der Waals surface area contributed by atoms with Gasteiger partial charge < -0.3 is 21.5 Å². The van der Waals surface area contributed by atoms with E-state index in [1.165, 1.54) is 12.1 Å². The Hall–Kier alpha value is -2.87. The van der Waals surface area contributed by atoms with Crippen LogP contribution in [0.25, 0.3) is 0 Å². The van der Waals surface area contributed by atoms with Crippen LogP contribution in [0.5, 0.6) is 5.75 Å². The largest absolute Gasteiger partial charge is 0.492 e. The highest BCUT2D eigenvalue weighted by Gasteiger charge is 2.12. The Kier molecular flexibility index (Phi) is 4.52. The maximum absolute atomic E-state index is 10.7. The van der Waals surface area contributed by atoms with Crippen molar-refractivity contribution in [2.45, 2.75) is 0 Å². The van der Waals surface area contributed by atoms with Crippen LogP contribution in [0.15, 0.2) is 36.4 Å². The second kappa shape index (κ2) is 6.53. The maximum atomic E-state index is 10.7. The third-order valence-electron chi connectivity index (χ3n) is 2.59. The number of nitrogen functional groups attached to an aromatic ring is 1. The van der Waals surface area contributed by atoms with E-state index in [0.29, 0.717) is 24.7 Å². The van der Waals surface area contributed by atoms with Crippen molar-refractivity contribution in [3.63, 3.8) is 0 Å². The van der Waals surface area contributed by atoms with Gasteiger partial charge in [-0.1, -0.05) is 6.07 Å². The number of nitrogens with two attached hydrogens (primary N) is 2. The molecule has 0 aliphatic heterocycles. The summed E-state index contributed by atoms with van der Waals surface area (Å²) < 4.78 is 5.41. The predicted molar refractivity (Wildman–Crippen MR) is 79.6 cm³/mol. The Labute approximate surface area is 120 Å². The number of hydrogen-bond acceptors (Lipinski definition) is 7. The SMILES string of the molecule is NCCOc1cccc(Nc2ccc([N+](=O)[O-])c(N)n2)c1. The minimum absolute atomic E-state index is 0.138.